The lowest BCUT2D eigenvalue weighted by molar-refractivity contribution is -0.150. The normalized spacial score (nSPS) is 20.6. The second-order valence-electron chi connectivity index (χ2n) is 6.36. The fraction of sp³-hybridized carbons (Fsp3) is 0.375. The fourth-order valence-electron chi connectivity index (χ4n) is 3.04. The highest BCUT2D eigenvalue weighted by Crippen LogP contribution is 2.41. The Morgan fingerprint density at radius 1 is 1.41 bits per heavy atom. The number of amides is 2. The van der Waals surface area contributed by atoms with Crippen molar-refractivity contribution in [2.45, 2.75) is 22.7 Å². The molecule has 16 heteroatoms. The largest absolute Gasteiger partial charge is 0.477 e. The van der Waals surface area contributed by atoms with Gasteiger partial charge in [0.2, 0.25) is 5.71 Å². The highest BCUT2D eigenvalue weighted by atomic mass is 32.2. The smallest absolute Gasteiger partial charge is 0.352 e. The zero-order valence-corrected chi connectivity index (χ0v) is 19.8. The Kier molecular flexibility index (Phi) is 6.73. The number of β-lactam (4-membered cyclic amide) rings is 1. The molecule has 0 saturated carbocycles. The molecule has 0 bridgehead atoms. The van der Waals surface area contributed by atoms with Gasteiger partial charge in [-0.3, -0.25) is 14.5 Å². The van der Waals surface area contributed by atoms with Gasteiger partial charge in [-0.05, 0) is 12.5 Å². The number of nitrogens with zero attached hydrogens (tertiary/aromatic N) is 6. The van der Waals surface area contributed by atoms with Gasteiger partial charge in [-0.25, -0.2) is 4.79 Å². The Balaban J connectivity index is 1.49. The van der Waals surface area contributed by atoms with E-state index in [1.165, 1.54) is 46.9 Å². The van der Waals surface area contributed by atoms with Gasteiger partial charge in [-0.2, -0.15) is 0 Å². The van der Waals surface area contributed by atoms with E-state index in [1.54, 1.807) is 12.4 Å². The number of aryl methyl sites for hydroxylation is 1. The molecule has 2 atom stereocenters. The number of hydrogen-bond donors (Lipinski definition) is 2. The van der Waals surface area contributed by atoms with Crippen LogP contribution in [0.3, 0.4) is 0 Å². The highest BCUT2D eigenvalue weighted by Gasteiger charge is 2.54. The van der Waals surface area contributed by atoms with Crippen molar-refractivity contribution in [3.05, 3.63) is 26.8 Å². The van der Waals surface area contributed by atoms with Crippen molar-refractivity contribution in [2.75, 3.05) is 18.6 Å². The van der Waals surface area contributed by atoms with Crippen molar-refractivity contribution in [3.8, 4) is 0 Å². The quantitative estimate of drug-likeness (QED) is 0.220. The average Bonchev–Trinajstić information content (AvgIpc) is 3.45. The number of oxime groups is 1. The first-order chi connectivity index (χ1) is 15.4. The maximum atomic E-state index is 12.8. The molecular formula is C16H15N7O5S4. The van der Waals surface area contributed by atoms with Gasteiger partial charge in [-0.1, -0.05) is 39.6 Å². The zero-order valence-electron chi connectivity index (χ0n) is 16.5. The van der Waals surface area contributed by atoms with Crippen LogP contribution in [-0.2, 0) is 19.2 Å². The van der Waals surface area contributed by atoms with E-state index in [-0.39, 0.29) is 16.4 Å². The van der Waals surface area contributed by atoms with E-state index in [4.69, 9.17) is 4.84 Å². The SMILES string of the molecule is CON=C(C(=O)NC1C(=O)N2C(C(=O)O)=C(CSc3nncs3)CS[C@@H]12)c1nnc(C)s1. The molecule has 1 saturated heterocycles. The predicted molar refractivity (Wildman–Crippen MR) is 119 cm³/mol. The van der Waals surface area contributed by atoms with E-state index in [1.807, 2.05) is 0 Å². The van der Waals surface area contributed by atoms with Crippen molar-refractivity contribution < 1.29 is 24.3 Å². The second-order valence-corrected chi connectivity index (χ2v) is 10.7. The van der Waals surface area contributed by atoms with Crippen LogP contribution in [0, 0.1) is 6.92 Å². The molecular weight excluding hydrogens is 498 g/mol. The van der Waals surface area contributed by atoms with Crippen LogP contribution in [0.1, 0.15) is 10.0 Å². The molecule has 0 radical (unpaired) electrons. The minimum atomic E-state index is -1.19. The van der Waals surface area contributed by atoms with Crippen LogP contribution in [0.4, 0.5) is 0 Å². The monoisotopic (exact) mass is 513 g/mol. The molecule has 2 aromatic heterocycles. The minimum Gasteiger partial charge on any atom is -0.477 e. The van der Waals surface area contributed by atoms with Gasteiger partial charge in [0.25, 0.3) is 11.8 Å². The molecule has 2 aliphatic heterocycles. The highest BCUT2D eigenvalue weighted by molar-refractivity contribution is 8.01. The maximum Gasteiger partial charge on any atom is 0.352 e. The number of nitrogens with one attached hydrogen (secondary N) is 1. The average molecular weight is 514 g/mol. The topological polar surface area (TPSA) is 160 Å². The molecule has 32 heavy (non-hydrogen) atoms. The van der Waals surface area contributed by atoms with E-state index in [0.717, 1.165) is 11.3 Å². The van der Waals surface area contributed by atoms with E-state index in [0.29, 0.717) is 26.4 Å². The number of aromatic nitrogens is 4. The molecule has 2 amide bonds. The molecule has 2 N–H and O–H groups in total. The van der Waals surface area contributed by atoms with Crippen molar-refractivity contribution >= 4 is 69.7 Å². The number of carbonyl (C=O) groups excluding carboxylic acids is 2. The first-order valence-corrected chi connectivity index (χ1v) is 12.6. The summed E-state index contributed by atoms with van der Waals surface area (Å²) in [4.78, 5) is 43.5. The van der Waals surface area contributed by atoms with Crippen LogP contribution < -0.4 is 5.32 Å². The molecule has 1 fully saturated rings. The summed E-state index contributed by atoms with van der Waals surface area (Å²) >= 11 is 5.26. The van der Waals surface area contributed by atoms with Gasteiger partial charge >= 0.3 is 5.97 Å². The van der Waals surface area contributed by atoms with E-state index in [2.05, 4.69) is 30.9 Å². The third-order valence-corrected chi connectivity index (χ3v) is 8.50. The summed E-state index contributed by atoms with van der Waals surface area (Å²) in [5.74, 6) is -1.56. The first kappa shape index (κ1) is 22.6. The van der Waals surface area contributed by atoms with Crippen molar-refractivity contribution in [3.63, 3.8) is 0 Å². The molecule has 0 aliphatic carbocycles. The van der Waals surface area contributed by atoms with Crippen molar-refractivity contribution in [1.82, 2.24) is 30.6 Å². The predicted octanol–water partition coefficient (Wildman–Crippen LogP) is 0.579. The van der Waals surface area contributed by atoms with Crippen LogP contribution in [0.5, 0.6) is 0 Å². The lowest BCUT2D eigenvalue weighted by Crippen LogP contribution is -2.71. The van der Waals surface area contributed by atoms with E-state index < -0.39 is 29.2 Å². The van der Waals surface area contributed by atoms with Crippen molar-refractivity contribution in [1.29, 1.82) is 0 Å². The standard InChI is InChI=1S/C16H15N7O5S4/c1-6-19-20-12(32-6)8(22-28-2)11(24)18-9-13(25)23-10(15(26)27)7(3-29-14(9)23)4-30-16-21-17-5-31-16/h5,9,14H,3-4H2,1-2H3,(H,18,24)(H,26,27)/t9?,14-/m0/s1. The van der Waals surface area contributed by atoms with E-state index in [9.17, 15) is 19.5 Å². The number of carbonyl (C=O) groups is 3. The van der Waals surface area contributed by atoms with Crippen LogP contribution >= 0.6 is 46.2 Å². The Labute approximate surface area is 197 Å². The number of fused-ring (bicyclic) bond motifs is 1. The summed E-state index contributed by atoms with van der Waals surface area (Å²) in [6, 6.07) is -0.893. The molecule has 4 rings (SSSR count). The number of carboxylic acid groups (broad SMARTS) is 1. The molecule has 168 valence electrons. The van der Waals surface area contributed by atoms with Crippen molar-refractivity contribution in [2.24, 2.45) is 5.16 Å². The van der Waals surface area contributed by atoms with Gasteiger partial charge in [0.05, 0.1) is 0 Å². The zero-order chi connectivity index (χ0) is 22.8. The van der Waals surface area contributed by atoms with Gasteiger partial charge in [0.1, 0.15) is 34.7 Å². The third kappa shape index (κ3) is 4.35. The number of thioether (sulfide) groups is 2. The van der Waals surface area contributed by atoms with Crippen LogP contribution in [0.15, 0.2) is 26.3 Å². The Morgan fingerprint density at radius 2 is 2.22 bits per heavy atom. The molecule has 2 aliphatic rings. The molecule has 12 nitrogen and oxygen atoms in total. The summed E-state index contributed by atoms with van der Waals surface area (Å²) < 4.78 is 0.714. The fourth-order valence-corrected chi connectivity index (χ4v) is 6.68. The van der Waals surface area contributed by atoms with Crippen LogP contribution in [0.25, 0.3) is 0 Å². The summed E-state index contributed by atoms with van der Waals surface area (Å²) in [6.45, 7) is 1.73. The summed E-state index contributed by atoms with van der Waals surface area (Å²) in [5.41, 5.74) is 2.06. The number of rotatable bonds is 8. The van der Waals surface area contributed by atoms with Gasteiger partial charge in [-0.15, -0.1) is 32.2 Å². The van der Waals surface area contributed by atoms with Gasteiger partial charge in [0, 0.05) is 11.5 Å². The summed E-state index contributed by atoms with van der Waals surface area (Å²) in [6.07, 6.45) is 0. The van der Waals surface area contributed by atoms with Crippen LogP contribution in [0.2, 0.25) is 0 Å². The minimum absolute atomic E-state index is 0.0493. The molecule has 2 aromatic rings. The number of hydrogen-bond acceptors (Lipinski definition) is 13. The Morgan fingerprint density at radius 3 is 2.84 bits per heavy atom. The Hall–Kier alpha value is -2.56. The molecule has 0 spiro atoms. The van der Waals surface area contributed by atoms with Gasteiger partial charge in [0.15, 0.2) is 9.35 Å². The first-order valence-electron chi connectivity index (χ1n) is 8.92. The number of carboxylic acids is 1. The Bertz CT molecular complexity index is 1120. The molecule has 0 aromatic carbocycles. The summed E-state index contributed by atoms with van der Waals surface area (Å²) in [5, 5.41) is 31.9. The summed E-state index contributed by atoms with van der Waals surface area (Å²) in [7, 11) is 1.29. The number of aliphatic carboxylic acids is 1. The maximum absolute atomic E-state index is 12.8. The second kappa shape index (κ2) is 9.51. The molecule has 1 unspecified atom stereocenters. The third-order valence-electron chi connectivity index (χ3n) is 4.37. The van der Waals surface area contributed by atoms with E-state index >= 15 is 0 Å². The van der Waals surface area contributed by atoms with Gasteiger partial charge < -0.3 is 15.3 Å². The lowest BCUT2D eigenvalue weighted by atomic mass is 10.0. The molecule has 4 heterocycles. The lowest BCUT2D eigenvalue weighted by Gasteiger charge is -2.49. The van der Waals surface area contributed by atoms with Crippen LogP contribution in [-0.4, -0.2) is 83.9 Å².